The van der Waals surface area contributed by atoms with Gasteiger partial charge in [-0.05, 0) is 19.9 Å². The molecular formula is C14H18N4O. The van der Waals surface area contributed by atoms with Crippen molar-refractivity contribution < 1.29 is 4.74 Å². The molecule has 0 saturated carbocycles. The van der Waals surface area contributed by atoms with Crippen LogP contribution < -0.4 is 16.0 Å². The highest BCUT2D eigenvalue weighted by atomic mass is 16.5. The maximum Gasteiger partial charge on any atom is 0.124 e. The molecule has 0 fully saturated rings. The predicted molar refractivity (Wildman–Crippen MR) is 73.4 cm³/mol. The van der Waals surface area contributed by atoms with Gasteiger partial charge in [0.25, 0.3) is 0 Å². The van der Waals surface area contributed by atoms with Crippen molar-refractivity contribution in [1.82, 2.24) is 15.4 Å². The lowest BCUT2D eigenvalue weighted by Gasteiger charge is -2.20. The lowest BCUT2D eigenvalue weighted by atomic mass is 10.0. The number of benzene rings is 1. The van der Waals surface area contributed by atoms with Crippen LogP contribution in [0.3, 0.4) is 0 Å². The highest BCUT2D eigenvalue weighted by Crippen LogP contribution is 2.28. The number of nitrogens with two attached hydrogens (primary N) is 1. The second-order valence-corrected chi connectivity index (χ2v) is 4.43. The minimum absolute atomic E-state index is 0.0985. The predicted octanol–water partition coefficient (Wildman–Crippen LogP) is 1.82. The Morgan fingerprint density at radius 1 is 1.21 bits per heavy atom. The molecule has 2 rings (SSSR count). The fourth-order valence-corrected chi connectivity index (χ4v) is 1.87. The van der Waals surface area contributed by atoms with Crippen LogP contribution in [0.4, 0.5) is 0 Å². The molecule has 0 radical (unpaired) electrons. The molecule has 1 unspecified atom stereocenters. The van der Waals surface area contributed by atoms with E-state index in [4.69, 9.17) is 10.6 Å². The number of nitrogens with one attached hydrogen (secondary N) is 1. The first-order valence-corrected chi connectivity index (χ1v) is 6.20. The number of para-hydroxylation sites is 1. The van der Waals surface area contributed by atoms with Gasteiger partial charge in [0.1, 0.15) is 5.75 Å². The highest BCUT2D eigenvalue weighted by Gasteiger charge is 2.18. The average Bonchev–Trinajstić information content (AvgIpc) is 2.42. The molecule has 1 aromatic heterocycles. The second kappa shape index (κ2) is 6.26. The molecule has 0 aliphatic heterocycles. The van der Waals surface area contributed by atoms with E-state index in [0.717, 1.165) is 17.0 Å². The summed E-state index contributed by atoms with van der Waals surface area (Å²) in [6, 6.07) is 7.53. The van der Waals surface area contributed by atoms with E-state index < -0.39 is 0 Å². The van der Waals surface area contributed by atoms with Crippen molar-refractivity contribution in [1.29, 1.82) is 0 Å². The van der Waals surface area contributed by atoms with Gasteiger partial charge >= 0.3 is 0 Å². The first-order chi connectivity index (χ1) is 9.22. The zero-order valence-electron chi connectivity index (χ0n) is 11.1. The summed E-state index contributed by atoms with van der Waals surface area (Å²) in [5, 5.41) is 0. The van der Waals surface area contributed by atoms with Crippen LogP contribution in [0.2, 0.25) is 0 Å². The van der Waals surface area contributed by atoms with Crippen LogP contribution in [0.25, 0.3) is 0 Å². The minimum Gasteiger partial charge on any atom is -0.491 e. The number of hydrogen-bond donors (Lipinski definition) is 2. The Morgan fingerprint density at radius 3 is 2.63 bits per heavy atom. The van der Waals surface area contributed by atoms with E-state index >= 15 is 0 Å². The van der Waals surface area contributed by atoms with Gasteiger partial charge in [-0.3, -0.25) is 15.8 Å². The van der Waals surface area contributed by atoms with Crippen molar-refractivity contribution >= 4 is 0 Å². The Hall–Kier alpha value is -1.98. The molecular weight excluding hydrogens is 240 g/mol. The Bertz CT molecular complexity index is 516. The first kappa shape index (κ1) is 13.5. The molecule has 0 bridgehead atoms. The SMILES string of the molecule is CC(C)Oc1ccccc1C(NN)c1cnccn1. The Labute approximate surface area is 112 Å². The zero-order valence-corrected chi connectivity index (χ0v) is 11.1. The van der Waals surface area contributed by atoms with Crippen molar-refractivity contribution in [3.8, 4) is 5.75 Å². The van der Waals surface area contributed by atoms with Crippen LogP contribution >= 0.6 is 0 Å². The summed E-state index contributed by atoms with van der Waals surface area (Å²) in [5.74, 6) is 6.46. The van der Waals surface area contributed by atoms with Crippen molar-refractivity contribution in [3.05, 3.63) is 54.1 Å². The summed E-state index contributed by atoms with van der Waals surface area (Å²) in [7, 11) is 0. The van der Waals surface area contributed by atoms with Gasteiger partial charge in [-0.25, -0.2) is 5.43 Å². The molecule has 1 heterocycles. The molecule has 5 heteroatoms. The molecule has 2 aromatic rings. The van der Waals surface area contributed by atoms with E-state index in [-0.39, 0.29) is 12.1 Å². The third kappa shape index (κ3) is 3.27. The van der Waals surface area contributed by atoms with Crippen molar-refractivity contribution in [2.45, 2.75) is 26.0 Å². The standard InChI is InChI=1S/C14H18N4O/c1-10(2)19-13-6-4-3-5-11(13)14(18-15)12-9-16-7-8-17-12/h3-10,14,18H,15H2,1-2H3. The van der Waals surface area contributed by atoms with Gasteiger partial charge < -0.3 is 4.74 Å². The molecule has 0 spiro atoms. The van der Waals surface area contributed by atoms with Crippen molar-refractivity contribution in [2.75, 3.05) is 0 Å². The van der Waals surface area contributed by atoms with Crippen molar-refractivity contribution in [3.63, 3.8) is 0 Å². The topological polar surface area (TPSA) is 73.1 Å². The van der Waals surface area contributed by atoms with E-state index in [1.54, 1.807) is 18.6 Å². The molecule has 19 heavy (non-hydrogen) atoms. The summed E-state index contributed by atoms with van der Waals surface area (Å²) in [6.45, 7) is 3.98. The van der Waals surface area contributed by atoms with Crippen LogP contribution in [0.5, 0.6) is 5.75 Å². The third-order valence-electron chi connectivity index (χ3n) is 2.64. The normalized spacial score (nSPS) is 12.4. The third-order valence-corrected chi connectivity index (χ3v) is 2.64. The highest BCUT2D eigenvalue weighted by molar-refractivity contribution is 5.39. The lowest BCUT2D eigenvalue weighted by Crippen LogP contribution is -2.30. The number of aromatic nitrogens is 2. The number of rotatable bonds is 5. The zero-order chi connectivity index (χ0) is 13.7. The Kier molecular flexibility index (Phi) is 4.43. The Balaban J connectivity index is 2.38. The van der Waals surface area contributed by atoms with Gasteiger partial charge in [-0.15, -0.1) is 0 Å². The largest absolute Gasteiger partial charge is 0.491 e. The van der Waals surface area contributed by atoms with Crippen LogP contribution in [-0.2, 0) is 0 Å². The first-order valence-electron chi connectivity index (χ1n) is 6.20. The fraction of sp³-hybridized carbons (Fsp3) is 0.286. The monoisotopic (exact) mass is 258 g/mol. The number of ether oxygens (including phenoxy) is 1. The van der Waals surface area contributed by atoms with Gasteiger partial charge in [-0.2, -0.15) is 0 Å². The van der Waals surface area contributed by atoms with Crippen LogP contribution in [0.15, 0.2) is 42.9 Å². The van der Waals surface area contributed by atoms with Gasteiger partial charge in [0, 0.05) is 18.0 Å². The van der Waals surface area contributed by atoms with Gasteiger partial charge in [0.05, 0.1) is 24.0 Å². The maximum absolute atomic E-state index is 5.81. The molecule has 1 atom stereocenters. The van der Waals surface area contributed by atoms with Crippen molar-refractivity contribution in [2.24, 2.45) is 5.84 Å². The van der Waals surface area contributed by atoms with E-state index in [1.807, 2.05) is 38.1 Å². The quantitative estimate of drug-likeness (QED) is 0.632. The fourth-order valence-electron chi connectivity index (χ4n) is 1.87. The van der Waals surface area contributed by atoms with E-state index in [9.17, 15) is 0 Å². The molecule has 0 amide bonds. The number of hydrogen-bond acceptors (Lipinski definition) is 5. The summed E-state index contributed by atoms with van der Waals surface area (Å²) >= 11 is 0. The second-order valence-electron chi connectivity index (χ2n) is 4.43. The van der Waals surface area contributed by atoms with Gasteiger partial charge in [-0.1, -0.05) is 18.2 Å². The summed E-state index contributed by atoms with van der Waals surface area (Å²) < 4.78 is 5.81. The number of hydrazine groups is 1. The smallest absolute Gasteiger partial charge is 0.124 e. The van der Waals surface area contributed by atoms with Crippen LogP contribution in [-0.4, -0.2) is 16.1 Å². The van der Waals surface area contributed by atoms with Crippen LogP contribution in [0, 0.1) is 0 Å². The van der Waals surface area contributed by atoms with E-state index in [2.05, 4.69) is 15.4 Å². The lowest BCUT2D eigenvalue weighted by molar-refractivity contribution is 0.238. The summed E-state index contributed by atoms with van der Waals surface area (Å²) in [5.41, 5.74) is 4.46. The van der Waals surface area contributed by atoms with Gasteiger partial charge in [0.15, 0.2) is 0 Å². The minimum atomic E-state index is -0.247. The molecule has 3 N–H and O–H groups in total. The molecule has 1 aromatic carbocycles. The van der Waals surface area contributed by atoms with Gasteiger partial charge in [0.2, 0.25) is 0 Å². The van der Waals surface area contributed by atoms with E-state index in [0.29, 0.717) is 0 Å². The van der Waals surface area contributed by atoms with E-state index in [1.165, 1.54) is 0 Å². The molecule has 100 valence electrons. The van der Waals surface area contributed by atoms with Crippen LogP contribution in [0.1, 0.15) is 31.1 Å². The Morgan fingerprint density at radius 2 is 2.00 bits per heavy atom. The molecule has 0 aliphatic rings. The molecule has 0 aliphatic carbocycles. The maximum atomic E-state index is 5.81. The number of nitrogens with zero attached hydrogens (tertiary/aromatic N) is 2. The molecule has 0 saturated heterocycles. The summed E-state index contributed by atoms with van der Waals surface area (Å²) in [4.78, 5) is 8.36. The molecule has 5 nitrogen and oxygen atoms in total. The average molecular weight is 258 g/mol. The summed E-state index contributed by atoms with van der Waals surface area (Å²) in [6.07, 6.45) is 5.07.